The predicted octanol–water partition coefficient (Wildman–Crippen LogP) is 27.4. The van der Waals surface area contributed by atoms with Crippen LogP contribution >= 0.6 is 0 Å². The minimum absolute atomic E-state index is 0.0553. The van der Waals surface area contributed by atoms with E-state index in [0.717, 1.165) is 115 Å². The lowest BCUT2D eigenvalue weighted by Gasteiger charge is -2.15. The summed E-state index contributed by atoms with van der Waals surface area (Å²) in [7, 11) is 3.25. The highest BCUT2D eigenvalue weighted by molar-refractivity contribution is 5.98. The van der Waals surface area contributed by atoms with Gasteiger partial charge in [0, 0.05) is 61.7 Å². The van der Waals surface area contributed by atoms with Gasteiger partial charge in [0.05, 0.1) is 150 Å². The van der Waals surface area contributed by atoms with Gasteiger partial charge < -0.3 is 66.3 Å². The van der Waals surface area contributed by atoms with Crippen LogP contribution in [-0.2, 0) is 37.9 Å². The molecule has 0 aliphatic rings. The number of hydrogen-bond donors (Lipinski definition) is 0. The maximum absolute atomic E-state index is 15.2. The van der Waals surface area contributed by atoms with E-state index in [0.29, 0.717) is 142 Å². The van der Waals surface area contributed by atoms with E-state index >= 15 is 9.59 Å². The second-order valence-corrected chi connectivity index (χ2v) is 33.6. The largest absolute Gasteiger partial charge is 0.492 e. The predicted molar refractivity (Wildman–Crippen MR) is 525 cm³/mol. The van der Waals surface area contributed by atoms with E-state index in [-0.39, 0.29) is 61.9 Å². The number of unbranched alkanes of at least 4 members (excludes halogenated alkanes) is 42. The van der Waals surface area contributed by atoms with Crippen LogP contribution < -0.4 is 28.4 Å². The normalized spacial score (nSPS) is 10.9. The summed E-state index contributed by atoms with van der Waals surface area (Å²) < 4.78 is 86.3. The maximum Gasteiger partial charge on any atom is 0.339 e. The SMILES string of the molecule is CC#Cc1cc(OCCCCCCCCCC)c(C#Cc2cc(OCCCCCCCCCC)c(C#Cc3cc(C(=O)OCCOCCOCCOC)c(C#Cc4cc(OCCCCCCCCCC)c(C#CC)cc4OCCCCCCCCCC)cc3C(=O)OCCOCCOCCOC)cc2OCCCCCCCCCC)cc1OCCCCCCCCCC. The zero-order chi connectivity index (χ0) is 91.7. The van der Waals surface area contributed by atoms with Gasteiger partial charge in [0.1, 0.15) is 47.7 Å². The molecule has 0 fully saturated rings. The maximum atomic E-state index is 15.2. The fourth-order valence-corrected chi connectivity index (χ4v) is 14.8. The molecule has 0 aromatic heterocycles. The Morgan fingerprint density at radius 1 is 0.203 bits per heavy atom. The molecule has 16 nitrogen and oxygen atoms in total. The zero-order valence-corrected chi connectivity index (χ0v) is 81.8. The Kier molecular flexibility index (Phi) is 70.4. The first kappa shape index (κ1) is 113. The number of ether oxygens (including phenoxy) is 14. The standard InChI is InChI=1S/C112H170O16/c1-11-19-25-31-37-43-49-55-69-121-105-91-99(107(89-97(105)61-17-7)123-71-57-51-45-39-33-27-21-13-3)65-63-95-87-104(112(114)128-86-84-120-82-80-118-78-76-116-10)96(88-103(95)111(113)127-85-83-119-81-79-117-77-75-115-9)64-66-100-93-110(126-74-60-54-48-42-36-30-24-16-6)102(94-109(100)125-73-59-53-47-41-35-29-23-15-5)68-67-101-92-106(122-70-56-50-44-38-32-26-20-12-2)98(62-18-8)90-108(101)124-72-58-52-46-40-34-28-22-14-4/h87-94H,11-16,19-60,69-86H2,1-10H3. The number of rotatable bonds is 80. The Balaban J connectivity index is 2.11. The Bertz CT molecular complexity index is 3860. The molecular formula is C112H170O16. The molecule has 4 rings (SSSR count). The van der Waals surface area contributed by atoms with E-state index in [1.165, 1.54) is 199 Å². The van der Waals surface area contributed by atoms with Gasteiger partial charge >= 0.3 is 11.9 Å². The third kappa shape index (κ3) is 54.1. The molecule has 0 heterocycles. The molecule has 0 spiro atoms. The third-order valence-corrected chi connectivity index (χ3v) is 22.4. The summed E-state index contributed by atoms with van der Waals surface area (Å²) in [5, 5.41) is 0. The lowest BCUT2D eigenvalue weighted by Crippen LogP contribution is -2.17. The first-order valence-electron chi connectivity index (χ1n) is 50.7. The van der Waals surface area contributed by atoms with Gasteiger partial charge in [-0.25, -0.2) is 9.59 Å². The first-order valence-corrected chi connectivity index (χ1v) is 50.7. The molecule has 0 saturated heterocycles. The molecule has 16 heteroatoms. The Morgan fingerprint density at radius 2 is 0.375 bits per heavy atom. The number of carbonyl (C=O) groups is 2. The van der Waals surface area contributed by atoms with Crippen molar-refractivity contribution in [3.05, 3.63) is 104 Å². The average Bonchev–Trinajstić information content (AvgIpc) is 0.787. The van der Waals surface area contributed by atoms with E-state index in [2.05, 4.69) is 101 Å². The van der Waals surface area contributed by atoms with Crippen molar-refractivity contribution in [3.8, 4) is 93.7 Å². The van der Waals surface area contributed by atoms with Crippen LogP contribution in [0.25, 0.3) is 0 Å². The molecular weight excluding hydrogens is 1600 g/mol. The summed E-state index contributed by atoms with van der Waals surface area (Å²) in [6, 6.07) is 14.8. The molecule has 0 atom stereocenters. The molecule has 0 unspecified atom stereocenters. The average molecular weight is 1770 g/mol. The van der Waals surface area contributed by atoms with Gasteiger partial charge in [0.15, 0.2) is 0 Å². The molecule has 4 aromatic carbocycles. The van der Waals surface area contributed by atoms with Crippen molar-refractivity contribution in [2.24, 2.45) is 0 Å². The summed E-state index contributed by atoms with van der Waals surface area (Å²) in [6.07, 6.45) is 55.4. The second kappa shape index (κ2) is 80.1. The molecule has 0 bridgehead atoms. The van der Waals surface area contributed by atoms with Crippen LogP contribution in [0.3, 0.4) is 0 Å². The van der Waals surface area contributed by atoms with Gasteiger partial charge in [0.2, 0.25) is 0 Å². The minimum atomic E-state index is -0.712. The van der Waals surface area contributed by atoms with Crippen molar-refractivity contribution >= 4 is 11.9 Å². The summed E-state index contributed by atoms with van der Waals surface area (Å²) in [4.78, 5) is 30.3. The van der Waals surface area contributed by atoms with Crippen LogP contribution in [0.5, 0.6) is 34.5 Å². The number of hydrogen-bond acceptors (Lipinski definition) is 16. The monoisotopic (exact) mass is 1770 g/mol. The first-order chi connectivity index (χ1) is 63.1. The number of benzene rings is 4. The number of carbonyl (C=O) groups excluding carboxylic acids is 2. The summed E-state index contributed by atoms with van der Waals surface area (Å²) in [6.45, 7) is 23.0. The molecule has 0 radical (unpaired) electrons. The molecule has 714 valence electrons. The smallest absolute Gasteiger partial charge is 0.339 e. The van der Waals surface area contributed by atoms with Crippen LogP contribution in [0, 0.1) is 59.2 Å². The van der Waals surface area contributed by atoms with Crippen LogP contribution in [-0.4, -0.2) is 145 Å². The molecule has 128 heavy (non-hydrogen) atoms. The van der Waals surface area contributed by atoms with Crippen LogP contribution in [0.4, 0.5) is 0 Å². The highest BCUT2D eigenvalue weighted by atomic mass is 16.6. The van der Waals surface area contributed by atoms with Crippen LogP contribution in [0.1, 0.15) is 429 Å². The topological polar surface area (TPSA) is 163 Å². The van der Waals surface area contributed by atoms with Crippen LogP contribution in [0.2, 0.25) is 0 Å². The number of esters is 2. The summed E-state index contributed by atoms with van der Waals surface area (Å²) in [5.41, 5.74) is 4.22. The van der Waals surface area contributed by atoms with Crippen molar-refractivity contribution < 1.29 is 75.9 Å². The Labute approximate surface area is 778 Å². The second-order valence-electron chi connectivity index (χ2n) is 33.6. The Hall–Kier alpha value is -7.82. The van der Waals surface area contributed by atoms with Crippen molar-refractivity contribution in [2.75, 3.05) is 133 Å². The molecule has 0 saturated carbocycles. The van der Waals surface area contributed by atoms with Gasteiger partial charge in [-0.05, 0) is 64.5 Å². The number of methoxy groups -OCH3 is 2. The van der Waals surface area contributed by atoms with Gasteiger partial charge in [0.25, 0.3) is 0 Å². The highest BCUT2D eigenvalue weighted by Gasteiger charge is 2.23. The Morgan fingerprint density at radius 3 is 0.570 bits per heavy atom. The van der Waals surface area contributed by atoms with Gasteiger partial charge in [-0.1, -0.05) is 359 Å². The summed E-state index contributed by atoms with van der Waals surface area (Å²) in [5.74, 6) is 35.7. The molecule has 0 aliphatic heterocycles. The lowest BCUT2D eigenvalue weighted by atomic mass is 9.97. The summed E-state index contributed by atoms with van der Waals surface area (Å²) >= 11 is 0. The van der Waals surface area contributed by atoms with E-state index in [9.17, 15) is 0 Å². The van der Waals surface area contributed by atoms with E-state index in [1.807, 2.05) is 50.2 Å². The van der Waals surface area contributed by atoms with E-state index in [4.69, 9.17) is 66.3 Å². The van der Waals surface area contributed by atoms with Crippen molar-refractivity contribution in [3.63, 3.8) is 0 Å². The molecule has 0 aliphatic carbocycles. The van der Waals surface area contributed by atoms with Crippen molar-refractivity contribution in [1.29, 1.82) is 0 Å². The lowest BCUT2D eigenvalue weighted by molar-refractivity contribution is 0.00533. The van der Waals surface area contributed by atoms with Crippen LogP contribution in [0.15, 0.2) is 48.5 Å². The molecule has 0 amide bonds. The zero-order valence-electron chi connectivity index (χ0n) is 81.8. The fourth-order valence-electron chi connectivity index (χ4n) is 14.8. The van der Waals surface area contributed by atoms with Gasteiger partial charge in [-0.15, -0.1) is 11.8 Å². The van der Waals surface area contributed by atoms with Crippen molar-refractivity contribution in [2.45, 2.75) is 364 Å². The van der Waals surface area contributed by atoms with Gasteiger partial charge in [-0.2, -0.15) is 0 Å². The van der Waals surface area contributed by atoms with Gasteiger partial charge in [-0.3, -0.25) is 0 Å². The van der Waals surface area contributed by atoms with E-state index < -0.39 is 11.9 Å². The highest BCUT2D eigenvalue weighted by Crippen LogP contribution is 2.35. The molecule has 0 N–H and O–H groups in total. The third-order valence-electron chi connectivity index (χ3n) is 22.4. The minimum Gasteiger partial charge on any atom is -0.492 e. The quantitative estimate of drug-likeness (QED) is 0.0233. The van der Waals surface area contributed by atoms with E-state index in [1.54, 1.807) is 26.4 Å². The molecule has 4 aromatic rings. The fraction of sp³-hybridized carbons (Fsp3) is 0.679. The van der Waals surface area contributed by atoms with Crippen molar-refractivity contribution in [1.82, 2.24) is 0 Å².